The predicted molar refractivity (Wildman–Crippen MR) is 31.5 cm³/mol. The molecule has 0 atom stereocenters. The second-order valence-electron chi connectivity index (χ2n) is 1.82. The molecule has 0 saturated carbocycles. The molecule has 9 heavy (non-hydrogen) atoms. The van der Waals surface area contributed by atoms with Crippen molar-refractivity contribution in [1.82, 2.24) is 0 Å². The summed E-state index contributed by atoms with van der Waals surface area (Å²) in [7, 11) is 0. The van der Waals surface area contributed by atoms with E-state index >= 15 is 0 Å². The number of rotatable bonds is 4. The highest BCUT2D eigenvalue weighted by molar-refractivity contribution is 4.49. The van der Waals surface area contributed by atoms with Crippen LogP contribution in [0.5, 0.6) is 0 Å². The molecule has 56 valence electrons. The molecular weight excluding hydrogens is 126 g/mol. The molecule has 0 aliphatic rings. The Balaban J connectivity index is 3.43. The van der Waals surface area contributed by atoms with Gasteiger partial charge in [-0.2, -0.15) is 8.78 Å². The summed E-state index contributed by atoms with van der Waals surface area (Å²) in [6.45, 7) is 3.34. The van der Waals surface area contributed by atoms with Crippen LogP contribution in [0.2, 0.25) is 0 Å². The average molecular weight is 138 g/mol. The molecule has 0 bridgehead atoms. The van der Waals surface area contributed by atoms with Gasteiger partial charge in [-0.25, -0.2) is 0 Å². The minimum absolute atomic E-state index is 0.0764. The highest BCUT2D eigenvalue weighted by Gasteiger charge is 2.27. The van der Waals surface area contributed by atoms with Gasteiger partial charge in [0.1, 0.15) is 0 Å². The van der Waals surface area contributed by atoms with Gasteiger partial charge in [0.15, 0.2) is 0 Å². The van der Waals surface area contributed by atoms with Crippen LogP contribution in [0, 0.1) is 0 Å². The van der Waals surface area contributed by atoms with E-state index in [1.54, 1.807) is 13.8 Å². The number of ether oxygens (including phenoxy) is 1. The fourth-order valence-corrected chi connectivity index (χ4v) is 0.574. The molecule has 0 unspecified atom stereocenters. The van der Waals surface area contributed by atoms with Crippen LogP contribution in [-0.2, 0) is 4.74 Å². The first kappa shape index (κ1) is 8.82. The van der Waals surface area contributed by atoms with Crippen LogP contribution >= 0.6 is 0 Å². The molecule has 0 aromatic carbocycles. The molecule has 0 aliphatic heterocycles. The highest BCUT2D eigenvalue weighted by atomic mass is 19.3. The minimum Gasteiger partial charge on any atom is -0.321 e. The number of hydrogen-bond acceptors (Lipinski definition) is 1. The van der Waals surface area contributed by atoms with E-state index < -0.39 is 6.11 Å². The van der Waals surface area contributed by atoms with E-state index in [-0.39, 0.29) is 13.0 Å². The van der Waals surface area contributed by atoms with Crippen LogP contribution in [0.1, 0.15) is 26.7 Å². The van der Waals surface area contributed by atoms with Crippen LogP contribution in [0.3, 0.4) is 0 Å². The maximum Gasteiger partial charge on any atom is 0.355 e. The summed E-state index contributed by atoms with van der Waals surface area (Å²) in [6.07, 6.45) is -2.63. The molecule has 0 aromatic rings. The Hall–Kier alpha value is -0.180. The predicted octanol–water partition coefficient (Wildman–Crippen LogP) is 2.42. The molecule has 0 heterocycles. The molecule has 0 aromatic heterocycles. The van der Waals surface area contributed by atoms with Crippen molar-refractivity contribution in [1.29, 1.82) is 0 Å². The van der Waals surface area contributed by atoms with E-state index in [0.717, 1.165) is 0 Å². The fourth-order valence-electron chi connectivity index (χ4n) is 0.574. The Kier molecular flexibility index (Phi) is 3.70. The molecule has 0 radical (unpaired) electrons. The van der Waals surface area contributed by atoms with Gasteiger partial charge < -0.3 is 4.74 Å². The average Bonchev–Trinajstić information content (AvgIpc) is 1.64. The number of hydrogen-bond donors (Lipinski definition) is 0. The van der Waals surface area contributed by atoms with Gasteiger partial charge in [-0.3, -0.25) is 0 Å². The van der Waals surface area contributed by atoms with Crippen molar-refractivity contribution in [3.05, 3.63) is 0 Å². The van der Waals surface area contributed by atoms with Crippen molar-refractivity contribution >= 4 is 0 Å². The number of alkyl halides is 2. The monoisotopic (exact) mass is 138 g/mol. The lowest BCUT2D eigenvalue weighted by Crippen LogP contribution is -2.19. The SMILES string of the molecule is CCCC(F)(F)OCC. The van der Waals surface area contributed by atoms with Gasteiger partial charge in [0, 0.05) is 6.42 Å². The summed E-state index contributed by atoms with van der Waals surface area (Å²) >= 11 is 0. The van der Waals surface area contributed by atoms with Crippen LogP contribution in [0.4, 0.5) is 8.78 Å². The molecule has 0 spiro atoms. The van der Waals surface area contributed by atoms with E-state index in [1.165, 1.54) is 0 Å². The molecule has 3 heteroatoms. The lowest BCUT2D eigenvalue weighted by Gasteiger charge is -2.13. The van der Waals surface area contributed by atoms with Gasteiger partial charge in [0.05, 0.1) is 6.61 Å². The van der Waals surface area contributed by atoms with Crippen LogP contribution in [0.15, 0.2) is 0 Å². The summed E-state index contributed by atoms with van der Waals surface area (Å²) in [6, 6.07) is 0. The first-order valence-corrected chi connectivity index (χ1v) is 3.14. The van der Waals surface area contributed by atoms with E-state index in [0.29, 0.717) is 6.42 Å². The zero-order valence-corrected chi connectivity index (χ0v) is 5.79. The van der Waals surface area contributed by atoms with Crippen molar-refractivity contribution in [2.75, 3.05) is 6.61 Å². The van der Waals surface area contributed by atoms with E-state index in [9.17, 15) is 8.78 Å². The third kappa shape index (κ3) is 4.33. The Morgan fingerprint density at radius 2 is 1.89 bits per heavy atom. The smallest absolute Gasteiger partial charge is 0.321 e. The van der Waals surface area contributed by atoms with Crippen molar-refractivity contribution in [2.24, 2.45) is 0 Å². The van der Waals surface area contributed by atoms with E-state index in [1.807, 2.05) is 0 Å². The van der Waals surface area contributed by atoms with Gasteiger partial charge >= 0.3 is 6.11 Å². The molecule has 0 fully saturated rings. The summed E-state index contributed by atoms with van der Waals surface area (Å²) in [4.78, 5) is 0. The zero-order chi connectivity index (χ0) is 7.33. The third-order valence-electron chi connectivity index (χ3n) is 0.897. The third-order valence-corrected chi connectivity index (χ3v) is 0.897. The second kappa shape index (κ2) is 3.77. The number of halogens is 2. The summed E-state index contributed by atoms with van der Waals surface area (Å²) in [5.74, 6) is 0. The van der Waals surface area contributed by atoms with Crippen molar-refractivity contribution in [3.8, 4) is 0 Å². The molecule has 0 amide bonds. The quantitative estimate of drug-likeness (QED) is 0.579. The second-order valence-corrected chi connectivity index (χ2v) is 1.82. The topological polar surface area (TPSA) is 9.23 Å². The minimum atomic E-state index is -2.90. The van der Waals surface area contributed by atoms with Gasteiger partial charge in [0.25, 0.3) is 0 Å². The van der Waals surface area contributed by atoms with E-state index in [4.69, 9.17) is 0 Å². The molecular formula is C6H12F2O. The van der Waals surface area contributed by atoms with Crippen molar-refractivity contribution in [3.63, 3.8) is 0 Å². The largest absolute Gasteiger partial charge is 0.355 e. The van der Waals surface area contributed by atoms with Crippen LogP contribution < -0.4 is 0 Å². The zero-order valence-electron chi connectivity index (χ0n) is 5.79. The van der Waals surface area contributed by atoms with E-state index in [2.05, 4.69) is 4.74 Å². The lowest BCUT2D eigenvalue weighted by molar-refractivity contribution is -0.239. The first-order chi connectivity index (χ1) is 4.12. The molecule has 0 saturated heterocycles. The standard InChI is InChI=1S/C6H12F2O/c1-3-5-6(7,8)9-4-2/h3-5H2,1-2H3. The van der Waals surface area contributed by atoms with Crippen LogP contribution in [0.25, 0.3) is 0 Å². The summed E-state index contributed by atoms with van der Waals surface area (Å²) in [5, 5.41) is 0. The highest BCUT2D eigenvalue weighted by Crippen LogP contribution is 2.20. The maximum absolute atomic E-state index is 12.2. The fraction of sp³-hybridized carbons (Fsp3) is 1.00. The first-order valence-electron chi connectivity index (χ1n) is 3.14. The van der Waals surface area contributed by atoms with Crippen molar-refractivity contribution < 1.29 is 13.5 Å². The summed E-state index contributed by atoms with van der Waals surface area (Å²) in [5.41, 5.74) is 0. The van der Waals surface area contributed by atoms with Gasteiger partial charge in [-0.1, -0.05) is 6.92 Å². The van der Waals surface area contributed by atoms with Crippen LogP contribution in [-0.4, -0.2) is 12.7 Å². The molecule has 0 aliphatic carbocycles. The summed E-state index contributed by atoms with van der Waals surface area (Å²) < 4.78 is 28.5. The normalized spacial score (nSPS) is 12.0. The lowest BCUT2D eigenvalue weighted by atomic mass is 10.3. The van der Waals surface area contributed by atoms with Gasteiger partial charge in [0.2, 0.25) is 0 Å². The van der Waals surface area contributed by atoms with Gasteiger partial charge in [-0.05, 0) is 13.3 Å². The van der Waals surface area contributed by atoms with Crippen molar-refractivity contribution in [2.45, 2.75) is 32.8 Å². The Bertz CT molecular complexity index is 65.5. The molecule has 0 rings (SSSR count). The molecule has 1 nitrogen and oxygen atoms in total. The Morgan fingerprint density at radius 3 is 2.22 bits per heavy atom. The van der Waals surface area contributed by atoms with Gasteiger partial charge in [-0.15, -0.1) is 0 Å². The maximum atomic E-state index is 12.2. The Labute approximate surface area is 54.0 Å². The Morgan fingerprint density at radius 1 is 1.33 bits per heavy atom. The molecule has 0 N–H and O–H groups in total.